The van der Waals surface area contributed by atoms with Crippen LogP contribution in [-0.2, 0) is 19.9 Å². The number of likely N-dealkylation sites (tertiary alicyclic amines) is 1. The van der Waals surface area contributed by atoms with Crippen LogP contribution in [0.5, 0.6) is 0 Å². The number of rotatable bonds is 7. The van der Waals surface area contributed by atoms with E-state index in [1.807, 2.05) is 0 Å². The average Bonchev–Trinajstić information content (AvgIpc) is 3.46. The molecular formula is C31H35F3N4O6. The zero-order valence-electron chi connectivity index (χ0n) is 24.4. The lowest BCUT2D eigenvalue weighted by Crippen LogP contribution is -2.57. The number of urea groups is 2. The first-order valence-corrected chi connectivity index (χ1v) is 14.4. The zero-order valence-corrected chi connectivity index (χ0v) is 24.4. The van der Waals surface area contributed by atoms with Crippen LogP contribution in [0.25, 0.3) is 0 Å². The van der Waals surface area contributed by atoms with E-state index in [0.29, 0.717) is 50.8 Å². The van der Waals surface area contributed by atoms with E-state index in [0.717, 1.165) is 24.1 Å². The molecule has 2 atom stereocenters. The van der Waals surface area contributed by atoms with E-state index in [9.17, 15) is 32.7 Å². The number of hydrogen-bond donors (Lipinski definition) is 3. The van der Waals surface area contributed by atoms with Crippen molar-refractivity contribution in [2.75, 3.05) is 33.9 Å². The number of ether oxygens (including phenoxy) is 2. The smallest absolute Gasteiger partial charge is 0.338 e. The van der Waals surface area contributed by atoms with Crippen LogP contribution in [0.4, 0.5) is 22.8 Å². The largest absolute Gasteiger partial charge is 0.466 e. The summed E-state index contributed by atoms with van der Waals surface area (Å²) in [5.41, 5.74) is -0.465. The summed E-state index contributed by atoms with van der Waals surface area (Å²) in [6.45, 7) is 0.959. The highest BCUT2D eigenvalue weighted by Crippen LogP contribution is 2.40. The molecule has 2 fully saturated rings. The molecular weight excluding hydrogens is 581 g/mol. The van der Waals surface area contributed by atoms with Crippen LogP contribution in [0.15, 0.2) is 53.7 Å². The van der Waals surface area contributed by atoms with Gasteiger partial charge in [0.1, 0.15) is 11.9 Å². The Morgan fingerprint density at radius 3 is 2.39 bits per heavy atom. The van der Waals surface area contributed by atoms with E-state index in [1.54, 1.807) is 12.1 Å². The summed E-state index contributed by atoms with van der Waals surface area (Å²) in [5, 5.41) is 16.6. The molecule has 10 nitrogen and oxygen atoms in total. The molecule has 1 unspecified atom stereocenters. The van der Waals surface area contributed by atoms with Gasteiger partial charge in [0.2, 0.25) is 0 Å². The fourth-order valence-electron chi connectivity index (χ4n) is 6.45. The SMILES string of the molecule is COCC1=C(C(=O)OC)C(c2ccc(F)c(F)c2)N(C(=O)N[C@@H]2CCN(C3CCC(O)(c4ccc(F)cc4)CC3)C2)C(=O)N1. The highest BCUT2D eigenvalue weighted by Gasteiger charge is 2.44. The first-order valence-electron chi connectivity index (χ1n) is 14.4. The molecule has 13 heteroatoms. The number of carbonyl (C=O) groups excluding carboxylic acids is 3. The molecule has 2 aromatic carbocycles. The van der Waals surface area contributed by atoms with Gasteiger partial charge in [-0.15, -0.1) is 0 Å². The molecule has 3 N–H and O–H groups in total. The summed E-state index contributed by atoms with van der Waals surface area (Å²) in [4.78, 5) is 42.9. The normalized spacial score (nSPS) is 26.0. The lowest BCUT2D eigenvalue weighted by Gasteiger charge is -2.40. The van der Waals surface area contributed by atoms with Crippen molar-refractivity contribution in [1.82, 2.24) is 20.4 Å². The minimum Gasteiger partial charge on any atom is -0.466 e. The molecule has 0 spiro atoms. The lowest BCUT2D eigenvalue weighted by molar-refractivity contribution is -0.137. The standard InChI is InChI=1S/C31H35F3N4O6/c1-43-17-25-26(28(39)44-2)27(18-3-8-23(33)24(34)15-18)38(30(41)36-25)29(40)35-21-11-14-37(16-21)22-9-12-31(42,13-10-22)19-4-6-20(32)7-5-19/h3-8,15,21-22,27,42H,9-14,16-17H2,1-2H3,(H,35,40)(H,36,41)/t21-,22?,27?,31?/m1/s1. The van der Waals surface area contributed by atoms with E-state index in [1.165, 1.54) is 25.3 Å². The van der Waals surface area contributed by atoms with Gasteiger partial charge in [-0.25, -0.2) is 32.5 Å². The fraction of sp³-hybridized carbons (Fsp3) is 0.452. The molecule has 0 radical (unpaired) electrons. The van der Waals surface area contributed by atoms with Crippen molar-refractivity contribution >= 4 is 18.0 Å². The van der Waals surface area contributed by atoms with E-state index in [-0.39, 0.29) is 41.3 Å². The van der Waals surface area contributed by atoms with Gasteiger partial charge in [-0.3, -0.25) is 4.90 Å². The molecule has 0 bridgehead atoms. The third kappa shape index (κ3) is 6.30. The van der Waals surface area contributed by atoms with Crippen LogP contribution in [-0.4, -0.2) is 78.9 Å². The fourth-order valence-corrected chi connectivity index (χ4v) is 6.45. The van der Waals surface area contributed by atoms with Crippen LogP contribution in [0.2, 0.25) is 0 Å². The van der Waals surface area contributed by atoms with Crippen LogP contribution in [0.1, 0.15) is 49.3 Å². The third-order valence-corrected chi connectivity index (χ3v) is 8.73. The minimum absolute atomic E-state index is 0.00759. The van der Waals surface area contributed by atoms with Gasteiger partial charge >= 0.3 is 18.0 Å². The molecule has 5 rings (SSSR count). The Morgan fingerprint density at radius 2 is 1.75 bits per heavy atom. The Bertz CT molecular complexity index is 1440. The quantitative estimate of drug-likeness (QED) is 0.404. The second kappa shape index (κ2) is 13.0. The number of nitrogens with zero attached hydrogens (tertiary/aromatic N) is 2. The number of amides is 4. The van der Waals surface area contributed by atoms with Gasteiger partial charge in [-0.1, -0.05) is 18.2 Å². The van der Waals surface area contributed by atoms with Crippen LogP contribution in [0, 0.1) is 17.5 Å². The second-order valence-corrected chi connectivity index (χ2v) is 11.4. The van der Waals surface area contributed by atoms with Gasteiger partial charge in [0.05, 0.1) is 30.6 Å². The van der Waals surface area contributed by atoms with E-state index >= 15 is 0 Å². The Kier molecular flexibility index (Phi) is 9.28. The number of imide groups is 1. The second-order valence-electron chi connectivity index (χ2n) is 11.4. The summed E-state index contributed by atoms with van der Waals surface area (Å²) < 4.78 is 51.6. The Morgan fingerprint density at radius 1 is 1.05 bits per heavy atom. The molecule has 0 aromatic heterocycles. The zero-order chi connectivity index (χ0) is 31.6. The van der Waals surface area contributed by atoms with Gasteiger partial charge in [-0.05, 0) is 67.5 Å². The molecule has 44 heavy (non-hydrogen) atoms. The number of hydrogen-bond acceptors (Lipinski definition) is 7. The van der Waals surface area contributed by atoms with Gasteiger partial charge in [-0.2, -0.15) is 0 Å². The maximum absolute atomic E-state index is 14.3. The molecule has 1 saturated heterocycles. The third-order valence-electron chi connectivity index (χ3n) is 8.73. The highest BCUT2D eigenvalue weighted by atomic mass is 19.2. The number of esters is 1. The van der Waals surface area contributed by atoms with Gasteiger partial charge in [0.15, 0.2) is 11.6 Å². The number of aliphatic hydroxyl groups is 1. The minimum atomic E-state index is -1.42. The number of carbonyl (C=O) groups is 3. The maximum atomic E-state index is 14.3. The number of nitrogens with one attached hydrogen (secondary N) is 2. The number of benzene rings is 2. The summed E-state index contributed by atoms with van der Waals surface area (Å²) in [7, 11) is 2.48. The van der Waals surface area contributed by atoms with Crippen molar-refractivity contribution in [3.05, 3.63) is 82.3 Å². The molecule has 4 amide bonds. The van der Waals surface area contributed by atoms with Crippen molar-refractivity contribution in [2.24, 2.45) is 0 Å². The number of methoxy groups -OCH3 is 2. The van der Waals surface area contributed by atoms with Gasteiger partial charge in [0, 0.05) is 32.3 Å². The lowest BCUT2D eigenvalue weighted by atomic mass is 9.77. The highest BCUT2D eigenvalue weighted by molar-refractivity contribution is 6.01. The van der Waals surface area contributed by atoms with Gasteiger partial charge in [0.25, 0.3) is 0 Å². The first-order chi connectivity index (χ1) is 21.0. The Balaban J connectivity index is 1.31. The average molecular weight is 617 g/mol. The summed E-state index contributed by atoms with van der Waals surface area (Å²) >= 11 is 0. The van der Waals surface area contributed by atoms with Crippen LogP contribution < -0.4 is 10.6 Å². The van der Waals surface area contributed by atoms with Crippen molar-refractivity contribution in [1.29, 1.82) is 0 Å². The first kappa shape index (κ1) is 31.5. The molecule has 1 aliphatic carbocycles. The van der Waals surface area contributed by atoms with Gasteiger partial charge < -0.3 is 25.2 Å². The van der Waals surface area contributed by atoms with E-state index < -0.39 is 41.3 Å². The molecule has 1 saturated carbocycles. The van der Waals surface area contributed by atoms with Crippen LogP contribution in [0.3, 0.4) is 0 Å². The van der Waals surface area contributed by atoms with Crippen molar-refractivity contribution in [3.8, 4) is 0 Å². The predicted octanol–water partition coefficient (Wildman–Crippen LogP) is 3.86. The summed E-state index contributed by atoms with van der Waals surface area (Å²) in [6.07, 6.45) is 3.01. The van der Waals surface area contributed by atoms with Crippen molar-refractivity contribution in [3.63, 3.8) is 0 Å². The molecule has 236 valence electrons. The molecule has 2 heterocycles. The molecule has 2 aliphatic heterocycles. The maximum Gasteiger partial charge on any atom is 0.338 e. The van der Waals surface area contributed by atoms with Crippen molar-refractivity contribution in [2.45, 2.75) is 55.8 Å². The monoisotopic (exact) mass is 616 g/mol. The summed E-state index contributed by atoms with van der Waals surface area (Å²) in [5.74, 6) is -3.58. The summed E-state index contributed by atoms with van der Waals surface area (Å²) in [6, 6.07) is 5.50. The van der Waals surface area contributed by atoms with E-state index in [4.69, 9.17) is 9.47 Å². The topological polar surface area (TPSA) is 120 Å². The van der Waals surface area contributed by atoms with E-state index in [2.05, 4.69) is 15.5 Å². The molecule has 3 aliphatic rings. The Hall–Kier alpha value is -3.94. The van der Waals surface area contributed by atoms with Crippen molar-refractivity contribution < 1.29 is 42.1 Å². The number of halogens is 3. The predicted molar refractivity (Wildman–Crippen MR) is 151 cm³/mol. The Labute approximate surface area is 252 Å². The van der Waals surface area contributed by atoms with Crippen LogP contribution >= 0.6 is 0 Å². The molecule has 2 aromatic rings.